The number of likely N-dealkylation sites (N-methyl/N-ethyl adjacent to an activating group) is 2. The van der Waals surface area contributed by atoms with Gasteiger partial charge in [0.15, 0.2) is 5.65 Å². The molecule has 0 aliphatic carbocycles. The number of rotatable bonds is 8. The minimum atomic E-state index is -0.256. The monoisotopic (exact) mass is 432 g/mol. The molecule has 0 bridgehead atoms. The molecule has 0 unspecified atom stereocenters. The summed E-state index contributed by atoms with van der Waals surface area (Å²) < 4.78 is 7.15. The lowest BCUT2D eigenvalue weighted by molar-refractivity contribution is -0.121. The van der Waals surface area contributed by atoms with E-state index in [1.54, 1.807) is 35.6 Å². The first-order valence-electron chi connectivity index (χ1n) is 10.5. The third kappa shape index (κ3) is 4.36. The summed E-state index contributed by atoms with van der Waals surface area (Å²) in [5.74, 6) is 0.269. The van der Waals surface area contributed by atoms with Gasteiger partial charge < -0.3 is 14.6 Å². The number of fused-ring (bicyclic) bond motifs is 1. The van der Waals surface area contributed by atoms with E-state index < -0.39 is 0 Å². The van der Waals surface area contributed by atoms with Crippen LogP contribution in [-0.2, 0) is 11.3 Å². The van der Waals surface area contributed by atoms with Crippen molar-refractivity contribution in [1.82, 2.24) is 30.0 Å². The predicted molar refractivity (Wildman–Crippen MR) is 119 cm³/mol. The van der Waals surface area contributed by atoms with Crippen LogP contribution in [0.2, 0.25) is 0 Å². The first-order valence-corrected chi connectivity index (χ1v) is 10.5. The summed E-state index contributed by atoms with van der Waals surface area (Å²) in [4.78, 5) is 36.1. The second kappa shape index (κ2) is 9.42. The van der Waals surface area contributed by atoms with Gasteiger partial charge >= 0.3 is 0 Å². The SMILES string of the molecule is CCNC(=O)CN(CC)C(=O)c1cc(-c2cccnc2)nc2c1cnn2Cc1ccco1. The average molecular weight is 432 g/mol. The van der Waals surface area contributed by atoms with Crippen LogP contribution in [0.25, 0.3) is 22.3 Å². The zero-order valence-corrected chi connectivity index (χ0v) is 18.0. The fourth-order valence-electron chi connectivity index (χ4n) is 3.48. The zero-order valence-electron chi connectivity index (χ0n) is 18.0. The molecule has 0 aliphatic heterocycles. The first kappa shape index (κ1) is 21.2. The van der Waals surface area contributed by atoms with Crippen molar-refractivity contribution in [3.63, 3.8) is 0 Å². The maximum absolute atomic E-state index is 13.5. The lowest BCUT2D eigenvalue weighted by atomic mass is 10.1. The van der Waals surface area contributed by atoms with E-state index in [4.69, 9.17) is 9.40 Å². The average Bonchev–Trinajstić information content (AvgIpc) is 3.48. The summed E-state index contributed by atoms with van der Waals surface area (Å²) in [6.07, 6.45) is 6.61. The van der Waals surface area contributed by atoms with Crippen LogP contribution in [0, 0.1) is 0 Å². The molecule has 4 heterocycles. The second-order valence-corrected chi connectivity index (χ2v) is 7.19. The number of aromatic nitrogens is 4. The van der Waals surface area contributed by atoms with Crippen molar-refractivity contribution in [3.05, 3.63) is 66.5 Å². The quantitative estimate of drug-likeness (QED) is 0.459. The van der Waals surface area contributed by atoms with Gasteiger partial charge in [-0.3, -0.25) is 14.6 Å². The Morgan fingerprint density at radius 2 is 2.06 bits per heavy atom. The largest absolute Gasteiger partial charge is 0.467 e. The van der Waals surface area contributed by atoms with Crippen LogP contribution >= 0.6 is 0 Å². The molecule has 32 heavy (non-hydrogen) atoms. The van der Waals surface area contributed by atoms with Gasteiger partial charge in [0.1, 0.15) is 12.3 Å². The van der Waals surface area contributed by atoms with Gasteiger partial charge in [-0.1, -0.05) is 0 Å². The van der Waals surface area contributed by atoms with Crippen molar-refractivity contribution in [2.75, 3.05) is 19.6 Å². The van der Waals surface area contributed by atoms with Crippen LogP contribution in [-0.4, -0.2) is 56.1 Å². The minimum Gasteiger partial charge on any atom is -0.467 e. The fourth-order valence-corrected chi connectivity index (χ4v) is 3.48. The van der Waals surface area contributed by atoms with Crippen LogP contribution in [0.3, 0.4) is 0 Å². The van der Waals surface area contributed by atoms with Crippen molar-refractivity contribution in [3.8, 4) is 11.3 Å². The Bertz CT molecular complexity index is 1220. The van der Waals surface area contributed by atoms with Gasteiger partial charge in [-0.05, 0) is 44.2 Å². The summed E-state index contributed by atoms with van der Waals surface area (Å²) in [5.41, 5.74) is 2.37. The van der Waals surface area contributed by atoms with Crippen LogP contribution in [0.1, 0.15) is 30.0 Å². The van der Waals surface area contributed by atoms with E-state index in [-0.39, 0.29) is 18.4 Å². The molecular formula is C23H24N6O3. The molecule has 4 aromatic rings. The third-order valence-corrected chi connectivity index (χ3v) is 5.06. The summed E-state index contributed by atoms with van der Waals surface area (Å²) in [7, 11) is 0. The normalized spacial score (nSPS) is 10.9. The van der Waals surface area contributed by atoms with Gasteiger partial charge in [-0.15, -0.1) is 0 Å². The standard InChI is InChI=1S/C23H24N6O3/c1-3-25-21(30)15-28(4-2)23(31)18-11-20(16-7-5-9-24-12-16)27-22-19(18)13-26-29(22)14-17-8-6-10-32-17/h5-13H,3-4,14-15H2,1-2H3,(H,25,30). The highest BCUT2D eigenvalue weighted by Crippen LogP contribution is 2.26. The molecule has 4 aromatic heterocycles. The predicted octanol–water partition coefficient (Wildman–Crippen LogP) is 2.73. The number of nitrogens with zero attached hydrogens (tertiary/aromatic N) is 5. The Hall–Kier alpha value is -4.01. The van der Waals surface area contributed by atoms with Crippen molar-refractivity contribution in [2.24, 2.45) is 0 Å². The Labute approximate surface area is 185 Å². The molecular weight excluding hydrogens is 408 g/mol. The highest BCUT2D eigenvalue weighted by Gasteiger charge is 2.23. The maximum Gasteiger partial charge on any atom is 0.255 e. The number of furan rings is 1. The molecule has 1 N–H and O–H groups in total. The smallest absolute Gasteiger partial charge is 0.255 e. The first-order chi connectivity index (χ1) is 15.6. The Balaban J connectivity index is 1.80. The molecule has 2 amide bonds. The summed E-state index contributed by atoms with van der Waals surface area (Å²) >= 11 is 0. The molecule has 0 aliphatic rings. The van der Waals surface area contributed by atoms with E-state index in [1.165, 1.54) is 4.90 Å². The fraction of sp³-hybridized carbons (Fsp3) is 0.261. The molecule has 0 saturated carbocycles. The highest BCUT2D eigenvalue weighted by molar-refractivity contribution is 6.07. The van der Waals surface area contributed by atoms with Crippen molar-refractivity contribution >= 4 is 22.8 Å². The number of carbonyl (C=O) groups is 2. The Morgan fingerprint density at radius 1 is 1.19 bits per heavy atom. The van der Waals surface area contributed by atoms with E-state index in [9.17, 15) is 9.59 Å². The van der Waals surface area contributed by atoms with Gasteiger partial charge in [-0.25, -0.2) is 9.67 Å². The topological polar surface area (TPSA) is 106 Å². The van der Waals surface area contributed by atoms with Crippen LogP contribution < -0.4 is 5.32 Å². The Morgan fingerprint density at radius 3 is 2.75 bits per heavy atom. The number of amides is 2. The van der Waals surface area contributed by atoms with E-state index in [0.717, 1.165) is 11.3 Å². The van der Waals surface area contributed by atoms with Gasteiger partial charge in [0.25, 0.3) is 5.91 Å². The molecule has 0 aromatic carbocycles. The van der Waals surface area contributed by atoms with Crippen LogP contribution in [0.15, 0.2) is 59.6 Å². The Kier molecular flexibility index (Phi) is 6.25. The third-order valence-electron chi connectivity index (χ3n) is 5.06. The van der Waals surface area contributed by atoms with E-state index in [2.05, 4.69) is 15.4 Å². The molecule has 9 nitrogen and oxygen atoms in total. The van der Waals surface area contributed by atoms with Gasteiger partial charge in [-0.2, -0.15) is 5.10 Å². The highest BCUT2D eigenvalue weighted by atomic mass is 16.3. The molecule has 4 rings (SSSR count). The molecule has 0 radical (unpaired) electrons. The summed E-state index contributed by atoms with van der Waals surface area (Å²) in [5, 5.41) is 7.81. The number of pyridine rings is 2. The number of hydrogen-bond donors (Lipinski definition) is 1. The van der Waals surface area contributed by atoms with Crippen molar-refractivity contribution in [2.45, 2.75) is 20.4 Å². The number of nitrogens with one attached hydrogen (secondary N) is 1. The minimum absolute atomic E-state index is 0.0181. The number of carbonyl (C=O) groups excluding carboxylic acids is 2. The van der Waals surface area contributed by atoms with Crippen LogP contribution in [0.4, 0.5) is 0 Å². The lowest BCUT2D eigenvalue weighted by Crippen LogP contribution is -2.40. The van der Waals surface area contributed by atoms with Gasteiger partial charge in [0.05, 0.1) is 35.6 Å². The maximum atomic E-state index is 13.5. The molecule has 164 valence electrons. The van der Waals surface area contributed by atoms with Crippen LogP contribution in [0.5, 0.6) is 0 Å². The summed E-state index contributed by atoms with van der Waals surface area (Å²) in [6, 6.07) is 9.10. The molecule has 0 spiro atoms. The molecule has 0 atom stereocenters. The summed E-state index contributed by atoms with van der Waals surface area (Å²) in [6.45, 7) is 4.95. The second-order valence-electron chi connectivity index (χ2n) is 7.19. The molecule has 0 fully saturated rings. The molecule has 9 heteroatoms. The van der Waals surface area contributed by atoms with E-state index in [0.29, 0.717) is 41.9 Å². The van der Waals surface area contributed by atoms with E-state index >= 15 is 0 Å². The lowest BCUT2D eigenvalue weighted by Gasteiger charge is -2.21. The van der Waals surface area contributed by atoms with Gasteiger partial charge in [0.2, 0.25) is 5.91 Å². The van der Waals surface area contributed by atoms with Gasteiger partial charge in [0, 0.05) is 31.0 Å². The van der Waals surface area contributed by atoms with Crippen molar-refractivity contribution in [1.29, 1.82) is 0 Å². The number of hydrogen-bond acceptors (Lipinski definition) is 6. The zero-order chi connectivity index (χ0) is 22.5. The van der Waals surface area contributed by atoms with E-state index in [1.807, 2.05) is 38.1 Å². The van der Waals surface area contributed by atoms with Crippen molar-refractivity contribution < 1.29 is 14.0 Å². The molecule has 0 saturated heterocycles.